The fourth-order valence-electron chi connectivity index (χ4n) is 1.55. The van der Waals surface area contributed by atoms with E-state index in [-0.39, 0.29) is 0 Å². The summed E-state index contributed by atoms with van der Waals surface area (Å²) in [7, 11) is 0. The first-order valence-electron chi connectivity index (χ1n) is 4.64. The molecule has 0 amide bonds. The van der Waals surface area contributed by atoms with Gasteiger partial charge in [-0.2, -0.15) is 5.10 Å². The standard InChI is InChI=1S/C11H8N4/c1-2-4-10-9(3-1)7-14-15(10)11-8-12-5-6-13-11/h1-8H. The summed E-state index contributed by atoms with van der Waals surface area (Å²) in [4.78, 5) is 8.23. The van der Waals surface area contributed by atoms with Crippen molar-refractivity contribution in [3.8, 4) is 5.82 Å². The van der Waals surface area contributed by atoms with Crippen LogP contribution in [0.1, 0.15) is 0 Å². The van der Waals surface area contributed by atoms with Gasteiger partial charge >= 0.3 is 0 Å². The molecule has 0 fully saturated rings. The van der Waals surface area contributed by atoms with Crippen molar-refractivity contribution in [3.05, 3.63) is 49.1 Å². The molecule has 3 aromatic rings. The van der Waals surface area contributed by atoms with Gasteiger partial charge in [-0.25, -0.2) is 9.67 Å². The lowest BCUT2D eigenvalue weighted by Gasteiger charge is -2.00. The highest BCUT2D eigenvalue weighted by atomic mass is 15.3. The van der Waals surface area contributed by atoms with Gasteiger partial charge < -0.3 is 0 Å². The van der Waals surface area contributed by atoms with Gasteiger partial charge in [-0.05, 0) is 6.07 Å². The summed E-state index contributed by atoms with van der Waals surface area (Å²) in [5, 5.41) is 5.38. The summed E-state index contributed by atoms with van der Waals surface area (Å²) in [6.07, 6.45) is 6.82. The average molecular weight is 196 g/mol. The molecule has 2 aromatic heterocycles. The molecule has 4 heteroatoms. The smallest absolute Gasteiger partial charge is 0.172 e. The topological polar surface area (TPSA) is 43.6 Å². The summed E-state index contributed by atoms with van der Waals surface area (Å²) < 4.78 is 1.78. The zero-order valence-corrected chi connectivity index (χ0v) is 7.91. The van der Waals surface area contributed by atoms with Crippen LogP contribution in [0.15, 0.2) is 49.1 Å². The average Bonchev–Trinajstić information content (AvgIpc) is 2.74. The minimum Gasteiger partial charge on any atom is -0.259 e. The molecule has 0 spiro atoms. The van der Waals surface area contributed by atoms with E-state index in [9.17, 15) is 0 Å². The second kappa shape index (κ2) is 3.16. The minimum absolute atomic E-state index is 0.735. The third-order valence-electron chi connectivity index (χ3n) is 2.24. The Balaban J connectivity index is 2.28. The molecule has 0 saturated heterocycles. The van der Waals surface area contributed by atoms with E-state index in [2.05, 4.69) is 15.1 Å². The number of hydrogen-bond acceptors (Lipinski definition) is 3. The molecule has 2 heterocycles. The third kappa shape index (κ3) is 1.27. The molecule has 0 aliphatic rings. The van der Waals surface area contributed by atoms with Gasteiger partial charge in [-0.15, -0.1) is 0 Å². The number of hydrogen-bond donors (Lipinski definition) is 0. The van der Waals surface area contributed by atoms with Crippen LogP contribution in [0.25, 0.3) is 16.7 Å². The van der Waals surface area contributed by atoms with Crippen molar-refractivity contribution in [1.29, 1.82) is 0 Å². The predicted octanol–water partition coefficient (Wildman–Crippen LogP) is 1.82. The molecular weight excluding hydrogens is 188 g/mol. The second-order valence-electron chi connectivity index (χ2n) is 3.18. The molecule has 0 atom stereocenters. The van der Waals surface area contributed by atoms with Gasteiger partial charge in [-0.1, -0.05) is 18.2 Å². The van der Waals surface area contributed by atoms with E-state index in [4.69, 9.17) is 0 Å². The van der Waals surface area contributed by atoms with E-state index >= 15 is 0 Å². The minimum atomic E-state index is 0.735. The lowest BCUT2D eigenvalue weighted by molar-refractivity contribution is 0.864. The molecule has 0 N–H and O–H groups in total. The Kier molecular flexibility index (Phi) is 1.71. The first-order chi connectivity index (χ1) is 7.45. The Morgan fingerprint density at radius 2 is 1.93 bits per heavy atom. The normalized spacial score (nSPS) is 10.7. The maximum Gasteiger partial charge on any atom is 0.172 e. The Morgan fingerprint density at radius 3 is 2.80 bits per heavy atom. The van der Waals surface area contributed by atoms with Crippen LogP contribution >= 0.6 is 0 Å². The molecule has 0 bridgehead atoms. The van der Waals surface area contributed by atoms with Crippen LogP contribution in [-0.2, 0) is 0 Å². The summed E-state index contributed by atoms with van der Waals surface area (Å²) in [5.41, 5.74) is 1.04. The van der Waals surface area contributed by atoms with Gasteiger partial charge in [0.1, 0.15) is 0 Å². The van der Waals surface area contributed by atoms with Crippen LogP contribution in [0.4, 0.5) is 0 Å². The highest BCUT2D eigenvalue weighted by Crippen LogP contribution is 2.15. The molecule has 0 aliphatic heterocycles. The van der Waals surface area contributed by atoms with Crippen molar-refractivity contribution < 1.29 is 0 Å². The van der Waals surface area contributed by atoms with E-state index in [0.29, 0.717) is 0 Å². The highest BCUT2D eigenvalue weighted by molar-refractivity contribution is 5.79. The SMILES string of the molecule is c1ccc2c(c1)cnn2-c1cnccn1. The first-order valence-corrected chi connectivity index (χ1v) is 4.64. The monoisotopic (exact) mass is 196 g/mol. The van der Waals surface area contributed by atoms with Crippen molar-refractivity contribution in [3.63, 3.8) is 0 Å². The second-order valence-corrected chi connectivity index (χ2v) is 3.18. The fraction of sp³-hybridized carbons (Fsp3) is 0. The quantitative estimate of drug-likeness (QED) is 0.596. The van der Waals surface area contributed by atoms with Gasteiger partial charge in [-0.3, -0.25) is 4.98 Å². The number of para-hydroxylation sites is 1. The summed E-state index contributed by atoms with van der Waals surface area (Å²) in [5.74, 6) is 0.735. The summed E-state index contributed by atoms with van der Waals surface area (Å²) >= 11 is 0. The Morgan fingerprint density at radius 1 is 1.00 bits per heavy atom. The number of nitrogens with zero attached hydrogens (tertiary/aromatic N) is 4. The van der Waals surface area contributed by atoms with Crippen molar-refractivity contribution in [2.45, 2.75) is 0 Å². The van der Waals surface area contributed by atoms with Gasteiger partial charge in [0, 0.05) is 17.8 Å². The fourth-order valence-corrected chi connectivity index (χ4v) is 1.55. The molecule has 4 nitrogen and oxygen atoms in total. The number of fused-ring (bicyclic) bond motifs is 1. The lowest BCUT2D eigenvalue weighted by Crippen LogP contribution is -1.98. The zero-order chi connectivity index (χ0) is 10.1. The molecule has 15 heavy (non-hydrogen) atoms. The zero-order valence-electron chi connectivity index (χ0n) is 7.91. The van der Waals surface area contributed by atoms with Crippen LogP contribution in [0.3, 0.4) is 0 Å². The van der Waals surface area contributed by atoms with Crippen LogP contribution in [0.2, 0.25) is 0 Å². The van der Waals surface area contributed by atoms with Crippen LogP contribution in [-0.4, -0.2) is 19.7 Å². The van der Waals surface area contributed by atoms with Gasteiger partial charge in [0.25, 0.3) is 0 Å². The summed E-state index contributed by atoms with van der Waals surface area (Å²) in [6, 6.07) is 8.01. The van der Waals surface area contributed by atoms with E-state index in [1.165, 1.54) is 0 Å². The maximum absolute atomic E-state index is 4.28. The van der Waals surface area contributed by atoms with Gasteiger partial charge in [0.15, 0.2) is 5.82 Å². The van der Waals surface area contributed by atoms with Crippen LogP contribution in [0.5, 0.6) is 0 Å². The van der Waals surface area contributed by atoms with E-state index in [1.54, 1.807) is 23.3 Å². The number of rotatable bonds is 1. The molecular formula is C11H8N4. The van der Waals surface area contributed by atoms with Crippen molar-refractivity contribution in [2.24, 2.45) is 0 Å². The predicted molar refractivity (Wildman–Crippen MR) is 56.7 cm³/mol. The lowest BCUT2D eigenvalue weighted by atomic mass is 10.3. The van der Waals surface area contributed by atoms with Gasteiger partial charge in [0.05, 0.1) is 17.9 Å². The maximum atomic E-state index is 4.28. The molecule has 0 aliphatic carbocycles. The van der Waals surface area contributed by atoms with E-state index < -0.39 is 0 Å². The third-order valence-corrected chi connectivity index (χ3v) is 2.24. The molecule has 0 unspecified atom stereocenters. The number of aromatic nitrogens is 4. The van der Waals surface area contributed by atoms with E-state index in [0.717, 1.165) is 16.7 Å². The Labute approximate surface area is 86.2 Å². The van der Waals surface area contributed by atoms with Crippen molar-refractivity contribution in [2.75, 3.05) is 0 Å². The highest BCUT2D eigenvalue weighted by Gasteiger charge is 2.03. The van der Waals surface area contributed by atoms with E-state index in [1.807, 2.05) is 30.5 Å². The van der Waals surface area contributed by atoms with Crippen LogP contribution < -0.4 is 0 Å². The first kappa shape index (κ1) is 8.11. The molecule has 0 saturated carbocycles. The van der Waals surface area contributed by atoms with Crippen molar-refractivity contribution >= 4 is 10.9 Å². The molecule has 72 valence electrons. The molecule has 1 aromatic carbocycles. The molecule has 3 rings (SSSR count). The van der Waals surface area contributed by atoms with Crippen LogP contribution in [0, 0.1) is 0 Å². The summed E-state index contributed by atoms with van der Waals surface area (Å²) in [6.45, 7) is 0. The largest absolute Gasteiger partial charge is 0.259 e. The number of benzene rings is 1. The van der Waals surface area contributed by atoms with Gasteiger partial charge in [0.2, 0.25) is 0 Å². The Bertz CT molecular complexity index is 586. The molecule has 0 radical (unpaired) electrons. The Hall–Kier alpha value is -2.23. The van der Waals surface area contributed by atoms with Crippen molar-refractivity contribution in [1.82, 2.24) is 19.7 Å².